The highest BCUT2D eigenvalue weighted by atomic mass is 32.3. The van der Waals surface area contributed by atoms with Crippen LogP contribution in [0.5, 0.6) is 0 Å². The van der Waals surface area contributed by atoms with Crippen molar-refractivity contribution in [3.8, 4) is 0 Å². The lowest BCUT2D eigenvalue weighted by Crippen LogP contribution is -2.61. The molecule has 1 aliphatic rings. The van der Waals surface area contributed by atoms with Gasteiger partial charge in [0.2, 0.25) is 5.91 Å². The van der Waals surface area contributed by atoms with Gasteiger partial charge in [-0.05, 0) is 32.1 Å². The van der Waals surface area contributed by atoms with Gasteiger partial charge in [0, 0.05) is 0 Å². The summed E-state index contributed by atoms with van der Waals surface area (Å²) >= 11 is 0. The van der Waals surface area contributed by atoms with Gasteiger partial charge in [-0.15, -0.1) is 0 Å². The maximum atomic E-state index is 13.0. The first-order valence-electron chi connectivity index (χ1n) is 20.8. The molecule has 0 aromatic heterocycles. The van der Waals surface area contributed by atoms with Crippen molar-refractivity contribution in [3.63, 3.8) is 0 Å². The molecule has 13 nitrogen and oxygen atoms in total. The van der Waals surface area contributed by atoms with Crippen LogP contribution >= 0.6 is 0 Å². The van der Waals surface area contributed by atoms with Gasteiger partial charge in [0.15, 0.2) is 6.29 Å². The number of rotatable bonds is 34. The third-order valence-electron chi connectivity index (χ3n) is 9.84. The van der Waals surface area contributed by atoms with Crippen molar-refractivity contribution in [2.75, 3.05) is 13.2 Å². The third kappa shape index (κ3) is 24.2. The van der Waals surface area contributed by atoms with Gasteiger partial charge in [-0.2, -0.15) is 8.42 Å². The van der Waals surface area contributed by atoms with Crippen LogP contribution < -0.4 is 5.32 Å². The first-order valence-corrected chi connectivity index (χ1v) is 22.2. The molecule has 1 amide bonds. The zero-order valence-electron chi connectivity index (χ0n) is 33.1. The number of ether oxygens (including phenoxy) is 2. The zero-order valence-corrected chi connectivity index (χ0v) is 34.0. The number of carbonyl (C=O) groups is 1. The maximum Gasteiger partial charge on any atom is 0.397 e. The van der Waals surface area contributed by atoms with E-state index in [0.29, 0.717) is 12.8 Å². The van der Waals surface area contributed by atoms with E-state index in [2.05, 4.69) is 35.5 Å². The van der Waals surface area contributed by atoms with E-state index in [1.807, 2.05) is 0 Å². The molecule has 1 fully saturated rings. The van der Waals surface area contributed by atoms with Crippen molar-refractivity contribution in [2.45, 2.75) is 210 Å². The van der Waals surface area contributed by atoms with E-state index in [1.54, 1.807) is 6.08 Å². The van der Waals surface area contributed by atoms with Gasteiger partial charge in [-0.25, -0.2) is 4.18 Å². The fraction of sp³-hybridized carbons (Fsp3) is 0.875. The number of aliphatic hydroxyl groups is 5. The molecule has 8 atom stereocenters. The van der Waals surface area contributed by atoms with Gasteiger partial charge in [-0.3, -0.25) is 9.35 Å². The molecule has 0 aromatic rings. The Kier molecular flexibility index (Phi) is 29.6. The highest BCUT2D eigenvalue weighted by Gasteiger charge is 2.48. The predicted octanol–water partition coefficient (Wildman–Crippen LogP) is 5.96. The molecule has 0 saturated carbocycles. The summed E-state index contributed by atoms with van der Waals surface area (Å²) in [6.45, 7) is 3.12. The molecule has 0 radical (unpaired) electrons. The van der Waals surface area contributed by atoms with E-state index >= 15 is 0 Å². The number of unbranched alkanes of at least 4 members (excludes halogenated alkanes) is 19. The quantitative estimate of drug-likeness (QED) is 0.0229. The van der Waals surface area contributed by atoms with Crippen LogP contribution in [-0.4, -0.2) is 107 Å². The van der Waals surface area contributed by atoms with Gasteiger partial charge in [-0.1, -0.05) is 154 Å². The highest BCUT2D eigenvalue weighted by Crippen LogP contribution is 2.26. The average Bonchev–Trinajstić information content (AvgIpc) is 3.14. The van der Waals surface area contributed by atoms with Crippen LogP contribution in [0.2, 0.25) is 0 Å². The second kappa shape index (κ2) is 31.6. The molecule has 0 bridgehead atoms. The molecule has 54 heavy (non-hydrogen) atoms. The Bertz CT molecular complexity index is 1090. The lowest BCUT2D eigenvalue weighted by Gasteiger charge is -2.41. The predicted molar refractivity (Wildman–Crippen MR) is 210 cm³/mol. The number of aliphatic hydroxyl groups excluding tert-OH is 5. The molecule has 1 aliphatic heterocycles. The van der Waals surface area contributed by atoms with Crippen molar-refractivity contribution in [2.24, 2.45) is 0 Å². The van der Waals surface area contributed by atoms with Crippen LogP contribution in [-0.2, 0) is 28.9 Å². The summed E-state index contributed by atoms with van der Waals surface area (Å²) in [4.78, 5) is 13.0. The molecule has 0 aromatic carbocycles. The summed E-state index contributed by atoms with van der Waals surface area (Å²) < 4.78 is 47.2. The van der Waals surface area contributed by atoms with Gasteiger partial charge in [0.1, 0.15) is 30.5 Å². The number of nitrogens with one attached hydrogen (secondary N) is 1. The summed E-state index contributed by atoms with van der Waals surface area (Å²) in [7, 11) is -5.11. The van der Waals surface area contributed by atoms with Crippen molar-refractivity contribution in [1.82, 2.24) is 5.32 Å². The summed E-state index contributed by atoms with van der Waals surface area (Å²) in [5.41, 5.74) is 0. The smallest absolute Gasteiger partial charge is 0.394 e. The van der Waals surface area contributed by atoms with Gasteiger partial charge < -0.3 is 40.3 Å². The average molecular weight is 794 g/mol. The second-order valence-electron chi connectivity index (χ2n) is 14.7. The maximum absolute atomic E-state index is 13.0. The first kappa shape index (κ1) is 50.6. The molecule has 0 aliphatic carbocycles. The van der Waals surface area contributed by atoms with Crippen molar-refractivity contribution < 1.29 is 57.0 Å². The Morgan fingerprint density at radius 1 is 0.741 bits per heavy atom. The Balaban J connectivity index is 2.60. The fourth-order valence-electron chi connectivity index (χ4n) is 6.47. The van der Waals surface area contributed by atoms with Gasteiger partial charge in [0.05, 0.1) is 25.4 Å². The van der Waals surface area contributed by atoms with Crippen LogP contribution in [0.25, 0.3) is 0 Å². The summed E-state index contributed by atoms with van der Waals surface area (Å²) in [6, 6.07) is -1.13. The Hall–Kier alpha value is -1.46. The monoisotopic (exact) mass is 794 g/mol. The molecule has 1 rings (SSSR count). The molecule has 1 heterocycles. The van der Waals surface area contributed by atoms with Crippen LogP contribution in [0.1, 0.15) is 162 Å². The van der Waals surface area contributed by atoms with Crippen molar-refractivity contribution in [3.05, 3.63) is 24.3 Å². The van der Waals surface area contributed by atoms with Crippen LogP contribution in [0.15, 0.2) is 24.3 Å². The molecule has 318 valence electrons. The SMILES string of the molecule is CCCCC/C=C/CC/C=C/C(O)C(COC1OC(CO)C(O)C(OS(=O)(=O)O)C1O)NC(=O)C(O)CCCCCCCCCCCCCCCCCC. The van der Waals surface area contributed by atoms with E-state index in [9.17, 15) is 38.7 Å². The van der Waals surface area contributed by atoms with Crippen LogP contribution in [0.4, 0.5) is 0 Å². The topological polar surface area (TPSA) is 212 Å². The normalized spacial score (nSPS) is 22.6. The lowest BCUT2D eigenvalue weighted by molar-refractivity contribution is -0.298. The van der Waals surface area contributed by atoms with Gasteiger partial charge in [0.25, 0.3) is 0 Å². The van der Waals surface area contributed by atoms with Gasteiger partial charge >= 0.3 is 10.4 Å². The third-order valence-corrected chi connectivity index (χ3v) is 10.3. The van der Waals surface area contributed by atoms with Crippen molar-refractivity contribution >= 4 is 16.3 Å². The molecule has 7 N–H and O–H groups in total. The molecule has 8 unspecified atom stereocenters. The van der Waals surface area contributed by atoms with E-state index in [0.717, 1.165) is 44.9 Å². The molecular weight excluding hydrogens is 719 g/mol. The molecule has 14 heteroatoms. The lowest BCUT2D eigenvalue weighted by atomic mass is 9.99. The summed E-state index contributed by atoms with van der Waals surface area (Å²) in [6.07, 6.45) is 21.5. The largest absolute Gasteiger partial charge is 0.397 e. The van der Waals surface area contributed by atoms with Crippen molar-refractivity contribution in [1.29, 1.82) is 0 Å². The number of hydrogen-bond acceptors (Lipinski definition) is 11. The number of amides is 1. The number of hydrogen-bond donors (Lipinski definition) is 7. The summed E-state index contributed by atoms with van der Waals surface area (Å²) in [5, 5.41) is 54.8. The van der Waals surface area contributed by atoms with Crippen LogP contribution in [0.3, 0.4) is 0 Å². The first-order chi connectivity index (χ1) is 25.9. The highest BCUT2D eigenvalue weighted by molar-refractivity contribution is 7.80. The number of allylic oxidation sites excluding steroid dienone is 3. The fourth-order valence-corrected chi connectivity index (χ4v) is 6.98. The minimum absolute atomic E-state index is 0.240. The molecule has 0 spiro atoms. The van der Waals surface area contributed by atoms with E-state index in [1.165, 1.54) is 89.5 Å². The molecule has 1 saturated heterocycles. The van der Waals surface area contributed by atoms with E-state index < -0.39 is 78.5 Å². The van der Waals surface area contributed by atoms with E-state index in [-0.39, 0.29) is 6.42 Å². The zero-order chi connectivity index (χ0) is 40.0. The minimum atomic E-state index is -5.11. The standard InChI is InChI=1S/C40H75NO12S/c1-3-5-7-9-11-13-14-15-16-17-18-19-21-23-25-27-29-34(44)39(47)41-32(33(43)28-26-24-22-20-12-10-8-6-4-2)31-51-40-37(46)38(53-54(48,49)50)36(45)35(30-42)52-40/h12,20,26,28,32-38,40,42-46H,3-11,13-19,21-25,27,29-31H2,1-2H3,(H,41,47)(H,48,49,50)/b20-12+,28-26+. The van der Waals surface area contributed by atoms with Crippen LogP contribution in [0, 0.1) is 0 Å². The van der Waals surface area contributed by atoms with E-state index in [4.69, 9.17) is 14.0 Å². The number of carbonyl (C=O) groups excluding carboxylic acids is 1. The minimum Gasteiger partial charge on any atom is -0.394 e. The second-order valence-corrected chi connectivity index (χ2v) is 15.8. The Labute approximate surface area is 325 Å². The summed E-state index contributed by atoms with van der Waals surface area (Å²) in [5.74, 6) is -0.714. The Morgan fingerprint density at radius 2 is 1.24 bits per heavy atom. The Morgan fingerprint density at radius 3 is 1.78 bits per heavy atom. The molecular formula is C40H75NO12S.